The molecule has 0 unspecified atom stereocenters. The number of nitrogens with zero attached hydrogens (tertiary/aromatic N) is 1. The third-order valence-corrected chi connectivity index (χ3v) is 5.79. The van der Waals surface area contributed by atoms with Crippen molar-refractivity contribution in [3.63, 3.8) is 0 Å². The molecular weight excluding hydrogens is 338 g/mol. The largest absolute Gasteiger partial charge is 0.466 e. The van der Waals surface area contributed by atoms with E-state index in [1.165, 1.54) is 15.6 Å². The molecule has 5 rings (SSSR count). The Balaban J connectivity index is 1.58. The van der Waals surface area contributed by atoms with Crippen LogP contribution in [0, 0.1) is 0 Å². The van der Waals surface area contributed by atoms with Crippen LogP contribution in [0.2, 0.25) is 0 Å². The molecule has 0 spiro atoms. The fraction of sp³-hybridized carbons (Fsp3) is 0.0870. The first-order chi connectivity index (χ1) is 12.9. The van der Waals surface area contributed by atoms with E-state index in [0.717, 1.165) is 16.3 Å². The van der Waals surface area contributed by atoms with E-state index in [0.29, 0.717) is 0 Å². The number of benzene rings is 3. The Morgan fingerprint density at radius 1 is 0.731 bits per heavy atom. The topological polar surface area (TPSA) is 21.6 Å². The lowest BCUT2D eigenvalue weighted by Gasteiger charge is -2.18. The van der Waals surface area contributed by atoms with Crippen LogP contribution in [0.1, 0.15) is 28.1 Å². The highest BCUT2D eigenvalue weighted by atomic mass is 32.1. The van der Waals surface area contributed by atoms with E-state index in [2.05, 4.69) is 78.9 Å². The van der Waals surface area contributed by atoms with E-state index in [9.17, 15) is 0 Å². The predicted octanol–water partition coefficient (Wildman–Crippen LogP) is 6.16. The van der Waals surface area contributed by atoms with Gasteiger partial charge in [-0.3, -0.25) is 0 Å². The maximum atomic E-state index is 6.39. The third kappa shape index (κ3) is 2.71. The van der Waals surface area contributed by atoms with Crippen molar-refractivity contribution >= 4 is 27.3 Å². The Hall–Kier alpha value is -2.91. The van der Waals surface area contributed by atoms with Crippen molar-refractivity contribution in [1.29, 1.82) is 0 Å². The van der Waals surface area contributed by atoms with Crippen molar-refractivity contribution in [1.82, 2.24) is 0 Å². The van der Waals surface area contributed by atoms with Gasteiger partial charge in [0.25, 0.3) is 0 Å². The molecule has 0 saturated carbocycles. The zero-order valence-corrected chi connectivity index (χ0v) is 14.9. The Labute approximate surface area is 156 Å². The fourth-order valence-corrected chi connectivity index (χ4v) is 4.41. The lowest BCUT2D eigenvalue weighted by atomic mass is 9.97. The normalized spacial score (nSPS) is 19.3. The minimum atomic E-state index is -0.0983. The number of ether oxygens (including phenoxy) is 1. The molecule has 0 N–H and O–H groups in total. The molecule has 2 heterocycles. The summed E-state index contributed by atoms with van der Waals surface area (Å²) < 4.78 is 7.65. The number of fused-ring (bicyclic) bond motifs is 1. The van der Waals surface area contributed by atoms with E-state index in [-0.39, 0.29) is 12.1 Å². The fourth-order valence-electron chi connectivity index (χ4n) is 3.41. The summed E-state index contributed by atoms with van der Waals surface area (Å²) in [4.78, 5) is 6.07. The van der Waals surface area contributed by atoms with E-state index in [1.807, 2.05) is 12.1 Å². The zero-order valence-electron chi connectivity index (χ0n) is 14.1. The maximum absolute atomic E-state index is 6.39. The molecule has 0 radical (unpaired) electrons. The Kier molecular flexibility index (Phi) is 3.80. The summed E-state index contributed by atoms with van der Waals surface area (Å²) in [5, 5.41) is 1.23. The van der Waals surface area contributed by atoms with Gasteiger partial charge in [-0.15, -0.1) is 11.3 Å². The average molecular weight is 355 g/mol. The summed E-state index contributed by atoms with van der Waals surface area (Å²) in [6.07, 6.45) is -0.0983. The van der Waals surface area contributed by atoms with Crippen molar-refractivity contribution in [2.24, 2.45) is 4.99 Å². The average Bonchev–Trinajstić information content (AvgIpc) is 3.34. The van der Waals surface area contributed by atoms with Gasteiger partial charge in [0.2, 0.25) is 5.90 Å². The molecule has 0 saturated heterocycles. The second-order valence-corrected chi connectivity index (χ2v) is 7.47. The minimum absolute atomic E-state index is 0.0289. The molecule has 126 valence electrons. The van der Waals surface area contributed by atoms with Crippen molar-refractivity contribution in [3.8, 4) is 0 Å². The van der Waals surface area contributed by atoms with Crippen LogP contribution < -0.4 is 0 Å². The van der Waals surface area contributed by atoms with Crippen molar-refractivity contribution in [2.45, 2.75) is 12.1 Å². The van der Waals surface area contributed by atoms with Crippen LogP contribution in [0.15, 0.2) is 96.0 Å². The molecule has 1 aliphatic rings. The highest BCUT2D eigenvalue weighted by molar-refractivity contribution is 7.20. The SMILES string of the molecule is c1ccc([C@H]2N=C(c3cc4ccccc4s3)O[C@@H]2c2ccccc2)cc1. The molecule has 0 bridgehead atoms. The first-order valence-electron chi connectivity index (χ1n) is 8.72. The lowest BCUT2D eigenvalue weighted by molar-refractivity contribution is 0.197. The quantitative estimate of drug-likeness (QED) is 0.431. The molecule has 26 heavy (non-hydrogen) atoms. The van der Waals surface area contributed by atoms with Crippen LogP contribution >= 0.6 is 11.3 Å². The minimum Gasteiger partial charge on any atom is -0.466 e. The van der Waals surface area contributed by atoms with Gasteiger partial charge in [-0.05, 0) is 28.6 Å². The summed E-state index contributed by atoms with van der Waals surface area (Å²) in [6, 6.07) is 31.3. The smallest absolute Gasteiger partial charge is 0.227 e. The molecule has 3 heteroatoms. The summed E-state index contributed by atoms with van der Waals surface area (Å²) >= 11 is 1.73. The van der Waals surface area contributed by atoms with Crippen LogP contribution in [0.4, 0.5) is 0 Å². The van der Waals surface area contributed by atoms with E-state index in [1.54, 1.807) is 11.3 Å². The van der Waals surface area contributed by atoms with Gasteiger partial charge >= 0.3 is 0 Å². The standard InChI is InChI=1S/C23H17NOS/c1-3-9-16(10-4-1)21-22(17-11-5-2-6-12-17)25-23(24-21)20-15-18-13-7-8-14-19(18)26-20/h1-15,21-22H/t21-,22-/m1/s1. The van der Waals surface area contributed by atoms with E-state index < -0.39 is 0 Å². The lowest BCUT2D eigenvalue weighted by Crippen LogP contribution is -2.08. The van der Waals surface area contributed by atoms with Crippen LogP contribution in [-0.4, -0.2) is 5.90 Å². The number of thiophene rings is 1. The predicted molar refractivity (Wildman–Crippen MR) is 108 cm³/mol. The molecule has 4 aromatic rings. The maximum Gasteiger partial charge on any atom is 0.227 e. The van der Waals surface area contributed by atoms with Gasteiger partial charge in [0.15, 0.2) is 6.10 Å². The molecule has 0 amide bonds. The second kappa shape index (κ2) is 6.43. The van der Waals surface area contributed by atoms with Gasteiger partial charge in [0.1, 0.15) is 6.04 Å². The Bertz CT molecular complexity index is 1040. The number of hydrogen-bond acceptors (Lipinski definition) is 3. The molecule has 2 atom stereocenters. The number of aliphatic imine (C=N–C) groups is 1. The number of rotatable bonds is 3. The summed E-state index contributed by atoms with van der Waals surface area (Å²) in [5.74, 6) is 0.744. The molecule has 1 aliphatic heterocycles. The first-order valence-corrected chi connectivity index (χ1v) is 9.53. The molecular formula is C23H17NOS. The van der Waals surface area contributed by atoms with E-state index >= 15 is 0 Å². The van der Waals surface area contributed by atoms with Crippen molar-refractivity contribution < 1.29 is 4.74 Å². The molecule has 1 aromatic heterocycles. The summed E-state index contributed by atoms with van der Waals surface area (Å²) in [6.45, 7) is 0. The van der Waals surface area contributed by atoms with Gasteiger partial charge < -0.3 is 4.74 Å². The van der Waals surface area contributed by atoms with E-state index in [4.69, 9.17) is 9.73 Å². The van der Waals surface area contributed by atoms with Crippen LogP contribution in [-0.2, 0) is 4.74 Å². The number of hydrogen-bond donors (Lipinski definition) is 0. The van der Waals surface area contributed by atoms with Crippen LogP contribution in [0.25, 0.3) is 10.1 Å². The summed E-state index contributed by atoms with van der Waals surface area (Å²) in [7, 11) is 0. The highest BCUT2D eigenvalue weighted by Gasteiger charge is 2.34. The Morgan fingerprint density at radius 2 is 1.38 bits per heavy atom. The van der Waals surface area contributed by atoms with Gasteiger partial charge in [-0.25, -0.2) is 4.99 Å². The zero-order chi connectivity index (χ0) is 17.3. The first kappa shape index (κ1) is 15.4. The van der Waals surface area contributed by atoms with Crippen LogP contribution in [0.5, 0.6) is 0 Å². The molecule has 0 fully saturated rings. The Morgan fingerprint density at radius 3 is 2.12 bits per heavy atom. The molecule has 3 aromatic carbocycles. The van der Waals surface area contributed by atoms with Crippen LogP contribution in [0.3, 0.4) is 0 Å². The summed E-state index contributed by atoms with van der Waals surface area (Å²) in [5.41, 5.74) is 2.33. The van der Waals surface area contributed by atoms with Gasteiger partial charge in [-0.2, -0.15) is 0 Å². The van der Waals surface area contributed by atoms with Gasteiger partial charge in [0, 0.05) is 4.70 Å². The van der Waals surface area contributed by atoms with Gasteiger partial charge in [-0.1, -0.05) is 78.9 Å². The molecule has 2 nitrogen and oxygen atoms in total. The van der Waals surface area contributed by atoms with Gasteiger partial charge in [0.05, 0.1) is 4.88 Å². The molecule has 0 aliphatic carbocycles. The second-order valence-electron chi connectivity index (χ2n) is 6.39. The van der Waals surface area contributed by atoms with Crippen molar-refractivity contribution in [2.75, 3.05) is 0 Å². The highest BCUT2D eigenvalue weighted by Crippen LogP contribution is 2.42. The third-order valence-electron chi connectivity index (χ3n) is 4.69. The van der Waals surface area contributed by atoms with Crippen molar-refractivity contribution in [3.05, 3.63) is 107 Å². The monoisotopic (exact) mass is 355 g/mol.